The zero-order valence-electron chi connectivity index (χ0n) is 13.5. The van der Waals surface area contributed by atoms with Crippen molar-refractivity contribution in [2.45, 2.75) is 26.4 Å². The van der Waals surface area contributed by atoms with Gasteiger partial charge >= 0.3 is 0 Å². The normalized spacial score (nSPS) is 11.1. The zero-order chi connectivity index (χ0) is 17.1. The molecule has 0 saturated carbocycles. The maximum atomic E-state index is 12.5. The van der Waals surface area contributed by atoms with E-state index in [-0.39, 0.29) is 5.91 Å². The summed E-state index contributed by atoms with van der Waals surface area (Å²) in [5.41, 5.74) is 2.14. The number of aromatic nitrogens is 3. The monoisotopic (exact) mass is 390 g/mol. The van der Waals surface area contributed by atoms with Crippen LogP contribution in [-0.2, 0) is 13.1 Å². The van der Waals surface area contributed by atoms with E-state index in [0.29, 0.717) is 29.0 Å². The quantitative estimate of drug-likeness (QED) is 0.495. The summed E-state index contributed by atoms with van der Waals surface area (Å²) in [6.45, 7) is 7.70. The van der Waals surface area contributed by atoms with Crippen LogP contribution in [0.1, 0.15) is 22.7 Å². The lowest BCUT2D eigenvalue weighted by atomic mass is 10.3. The van der Waals surface area contributed by atoms with Gasteiger partial charge in [-0.3, -0.25) is 4.79 Å². The lowest BCUT2D eigenvalue weighted by molar-refractivity contribution is 0.0944. The average Bonchev–Trinajstić information content (AvgIpc) is 3.20. The highest BCUT2D eigenvalue weighted by atomic mass is 79.9. The van der Waals surface area contributed by atoms with Crippen LogP contribution in [0.3, 0.4) is 0 Å². The van der Waals surface area contributed by atoms with Gasteiger partial charge in [0.25, 0.3) is 5.91 Å². The van der Waals surface area contributed by atoms with Crippen molar-refractivity contribution < 1.29 is 9.21 Å². The third-order valence-electron chi connectivity index (χ3n) is 3.89. The highest BCUT2D eigenvalue weighted by Gasteiger charge is 2.17. The number of hydrogen-bond donors (Lipinski definition) is 1. The van der Waals surface area contributed by atoms with Crippen LogP contribution in [0.25, 0.3) is 11.1 Å². The molecule has 0 fully saturated rings. The Morgan fingerprint density at radius 3 is 3.04 bits per heavy atom. The molecule has 24 heavy (non-hydrogen) atoms. The minimum absolute atomic E-state index is 0.110. The molecule has 1 N–H and O–H groups in total. The molecule has 0 unspecified atom stereocenters. The molecule has 0 aromatic carbocycles. The van der Waals surface area contributed by atoms with Crippen molar-refractivity contribution in [2.24, 2.45) is 0 Å². The molecular weight excluding hydrogens is 372 g/mol. The van der Waals surface area contributed by atoms with Gasteiger partial charge in [-0.25, -0.2) is 4.98 Å². The van der Waals surface area contributed by atoms with E-state index >= 15 is 0 Å². The minimum Gasteiger partial charge on any atom is -0.448 e. The summed E-state index contributed by atoms with van der Waals surface area (Å²) in [5.74, 6) is 0.869. The van der Waals surface area contributed by atoms with Crippen molar-refractivity contribution in [1.82, 2.24) is 19.4 Å². The second-order valence-electron chi connectivity index (χ2n) is 5.51. The first-order chi connectivity index (χ1) is 11.6. The fraction of sp³-hybridized carbons (Fsp3) is 0.294. The summed E-state index contributed by atoms with van der Waals surface area (Å²) in [6.07, 6.45) is 6.33. The molecule has 6 nitrogen and oxygen atoms in total. The highest BCUT2D eigenvalue weighted by molar-refractivity contribution is 9.10. The van der Waals surface area contributed by atoms with E-state index in [1.165, 1.54) is 0 Å². The minimum atomic E-state index is -0.110. The number of nitrogens with zero attached hydrogens (tertiary/aromatic N) is 3. The molecule has 0 atom stereocenters. The summed E-state index contributed by atoms with van der Waals surface area (Å²) in [6, 6.07) is 3.62. The Morgan fingerprint density at radius 1 is 1.50 bits per heavy atom. The number of carbonyl (C=O) groups excluding carboxylic acids is 1. The topological polar surface area (TPSA) is 65.0 Å². The molecule has 7 heteroatoms. The Labute approximate surface area is 148 Å². The fourth-order valence-electron chi connectivity index (χ4n) is 2.71. The van der Waals surface area contributed by atoms with Crippen molar-refractivity contribution >= 4 is 32.9 Å². The summed E-state index contributed by atoms with van der Waals surface area (Å²) in [4.78, 5) is 16.7. The van der Waals surface area contributed by atoms with Crippen LogP contribution < -0.4 is 5.32 Å². The average molecular weight is 391 g/mol. The molecule has 0 spiro atoms. The molecular formula is C17H19BrN4O2. The van der Waals surface area contributed by atoms with Crippen molar-refractivity contribution in [2.75, 3.05) is 6.54 Å². The SMILES string of the molecule is C=CCn1c(C(=O)NCCCn2ccnc2C)cc2oc(Br)cc21. The van der Waals surface area contributed by atoms with Gasteiger partial charge < -0.3 is 18.9 Å². The molecule has 3 heterocycles. The third kappa shape index (κ3) is 3.31. The lowest BCUT2D eigenvalue weighted by Crippen LogP contribution is -2.27. The summed E-state index contributed by atoms with van der Waals surface area (Å²) in [7, 11) is 0. The van der Waals surface area contributed by atoms with Crippen LogP contribution in [0.5, 0.6) is 0 Å². The predicted octanol–water partition coefficient (Wildman–Crippen LogP) is 3.51. The fourth-order valence-corrected chi connectivity index (χ4v) is 3.10. The number of halogens is 1. The first-order valence-electron chi connectivity index (χ1n) is 7.75. The molecule has 0 aliphatic rings. The number of imidazole rings is 1. The number of hydrogen-bond acceptors (Lipinski definition) is 3. The van der Waals surface area contributed by atoms with E-state index in [1.807, 2.05) is 23.8 Å². The maximum absolute atomic E-state index is 12.5. The maximum Gasteiger partial charge on any atom is 0.268 e. The second kappa shape index (κ2) is 7.09. The van der Waals surface area contributed by atoms with E-state index < -0.39 is 0 Å². The summed E-state index contributed by atoms with van der Waals surface area (Å²) >= 11 is 3.31. The molecule has 0 bridgehead atoms. The summed E-state index contributed by atoms with van der Waals surface area (Å²) < 4.78 is 10.2. The number of nitrogens with one attached hydrogen (secondary N) is 1. The van der Waals surface area contributed by atoms with Crippen LogP contribution in [0.4, 0.5) is 0 Å². The Bertz CT molecular complexity index is 875. The van der Waals surface area contributed by atoms with Crippen molar-refractivity contribution in [3.05, 3.63) is 53.4 Å². The Hall–Kier alpha value is -2.28. The Morgan fingerprint density at radius 2 is 2.33 bits per heavy atom. The van der Waals surface area contributed by atoms with E-state index in [0.717, 1.165) is 24.3 Å². The van der Waals surface area contributed by atoms with Crippen molar-refractivity contribution in [3.63, 3.8) is 0 Å². The first-order valence-corrected chi connectivity index (χ1v) is 8.55. The number of furan rings is 1. The number of carbonyl (C=O) groups is 1. The number of aryl methyl sites for hydroxylation is 2. The van der Waals surface area contributed by atoms with Crippen LogP contribution in [0.15, 0.2) is 46.3 Å². The number of rotatable bonds is 7. The standard InChI is InChI=1S/C17H19BrN4O2/c1-3-7-22-13-11-16(18)24-15(13)10-14(22)17(23)20-5-4-8-21-9-6-19-12(21)2/h3,6,9-11H,1,4-5,7-8H2,2H3,(H,20,23). The van der Waals surface area contributed by atoms with Gasteiger partial charge in [0.2, 0.25) is 0 Å². The molecule has 3 aromatic heterocycles. The smallest absolute Gasteiger partial charge is 0.268 e. The van der Waals surface area contributed by atoms with Gasteiger partial charge in [-0.15, -0.1) is 6.58 Å². The predicted molar refractivity (Wildman–Crippen MR) is 96.0 cm³/mol. The Kier molecular flexibility index (Phi) is 4.89. The van der Waals surface area contributed by atoms with E-state index in [1.54, 1.807) is 18.3 Å². The van der Waals surface area contributed by atoms with Gasteiger partial charge in [-0.2, -0.15) is 0 Å². The van der Waals surface area contributed by atoms with Crippen LogP contribution in [0, 0.1) is 6.92 Å². The molecule has 0 aliphatic carbocycles. The van der Waals surface area contributed by atoms with Gasteiger partial charge in [0.15, 0.2) is 10.3 Å². The third-order valence-corrected chi connectivity index (χ3v) is 4.28. The zero-order valence-corrected chi connectivity index (χ0v) is 15.0. The molecule has 0 radical (unpaired) electrons. The van der Waals surface area contributed by atoms with Crippen LogP contribution in [0.2, 0.25) is 0 Å². The van der Waals surface area contributed by atoms with Crippen LogP contribution >= 0.6 is 15.9 Å². The van der Waals surface area contributed by atoms with E-state index in [4.69, 9.17) is 4.42 Å². The van der Waals surface area contributed by atoms with Crippen molar-refractivity contribution in [3.8, 4) is 0 Å². The van der Waals surface area contributed by atoms with Gasteiger partial charge in [0.05, 0.1) is 5.52 Å². The first kappa shape index (κ1) is 16.6. The van der Waals surface area contributed by atoms with Gasteiger partial charge in [-0.1, -0.05) is 6.08 Å². The van der Waals surface area contributed by atoms with E-state index in [2.05, 4.69) is 37.4 Å². The summed E-state index contributed by atoms with van der Waals surface area (Å²) in [5, 5.41) is 2.96. The second-order valence-corrected chi connectivity index (χ2v) is 6.29. The Balaban J connectivity index is 1.65. The largest absolute Gasteiger partial charge is 0.448 e. The molecule has 3 aromatic rings. The van der Waals surface area contributed by atoms with Crippen molar-refractivity contribution in [1.29, 1.82) is 0 Å². The number of amides is 1. The van der Waals surface area contributed by atoms with Gasteiger partial charge in [0, 0.05) is 44.2 Å². The molecule has 126 valence electrons. The van der Waals surface area contributed by atoms with E-state index in [9.17, 15) is 4.79 Å². The molecule has 1 amide bonds. The highest BCUT2D eigenvalue weighted by Crippen LogP contribution is 2.27. The number of fused-ring (bicyclic) bond motifs is 1. The van der Waals surface area contributed by atoms with Gasteiger partial charge in [0.1, 0.15) is 11.5 Å². The van der Waals surface area contributed by atoms with Crippen LogP contribution in [-0.4, -0.2) is 26.6 Å². The molecule has 0 aliphatic heterocycles. The molecule has 3 rings (SSSR count). The number of allylic oxidation sites excluding steroid dienone is 1. The lowest BCUT2D eigenvalue weighted by Gasteiger charge is -2.09. The molecule has 0 saturated heterocycles. The van der Waals surface area contributed by atoms with Gasteiger partial charge in [-0.05, 0) is 29.3 Å².